The van der Waals surface area contributed by atoms with E-state index in [2.05, 4.69) is 26.6 Å². The van der Waals surface area contributed by atoms with Gasteiger partial charge in [0.25, 0.3) is 0 Å². The molecule has 0 bridgehead atoms. The molecule has 0 heterocycles. The molecular formula is C15H21BrN2O2. The molecule has 0 atom stereocenters. The summed E-state index contributed by atoms with van der Waals surface area (Å²) in [7, 11) is 0. The van der Waals surface area contributed by atoms with Crippen molar-refractivity contribution >= 4 is 27.6 Å². The molecule has 0 saturated heterocycles. The fourth-order valence-electron chi connectivity index (χ4n) is 1.76. The molecule has 0 spiro atoms. The van der Waals surface area contributed by atoms with Gasteiger partial charge in [0.15, 0.2) is 0 Å². The zero-order chi connectivity index (χ0) is 14.4. The summed E-state index contributed by atoms with van der Waals surface area (Å²) >= 11 is 3.45. The quantitative estimate of drug-likeness (QED) is 0.743. The van der Waals surface area contributed by atoms with Crippen LogP contribution in [0.2, 0.25) is 0 Å². The molecule has 0 unspecified atom stereocenters. The van der Waals surface area contributed by atoms with Crippen molar-refractivity contribution in [3.63, 3.8) is 0 Å². The third kappa shape index (κ3) is 5.51. The average Bonchev–Trinajstić information content (AvgIpc) is 3.22. The lowest BCUT2D eigenvalue weighted by molar-refractivity contribution is 0.122. The van der Waals surface area contributed by atoms with Gasteiger partial charge < -0.3 is 15.4 Å². The zero-order valence-electron chi connectivity index (χ0n) is 11.7. The molecule has 1 fully saturated rings. The van der Waals surface area contributed by atoms with E-state index in [1.54, 1.807) is 0 Å². The summed E-state index contributed by atoms with van der Waals surface area (Å²) in [6.45, 7) is 4.23. The third-order valence-corrected chi connectivity index (χ3v) is 4.09. The van der Waals surface area contributed by atoms with Crippen LogP contribution in [0, 0.1) is 12.8 Å². The highest BCUT2D eigenvalue weighted by atomic mass is 79.9. The number of hydrogen-bond donors (Lipinski definition) is 2. The lowest BCUT2D eigenvalue weighted by Crippen LogP contribution is -2.30. The van der Waals surface area contributed by atoms with Gasteiger partial charge in [0.05, 0.1) is 0 Å². The van der Waals surface area contributed by atoms with Gasteiger partial charge in [0.1, 0.15) is 0 Å². The second-order valence-electron chi connectivity index (χ2n) is 5.22. The minimum absolute atomic E-state index is 0.178. The smallest absolute Gasteiger partial charge is 0.319 e. The van der Waals surface area contributed by atoms with Gasteiger partial charge in [-0.05, 0) is 49.8 Å². The number of carbonyl (C=O) groups excluding carboxylic acids is 1. The van der Waals surface area contributed by atoms with Crippen LogP contribution in [0.5, 0.6) is 0 Å². The molecule has 2 rings (SSSR count). The van der Waals surface area contributed by atoms with Crippen LogP contribution in [0.25, 0.3) is 0 Å². The van der Waals surface area contributed by atoms with Crippen molar-refractivity contribution in [3.05, 3.63) is 28.2 Å². The Morgan fingerprint density at radius 3 is 2.95 bits per heavy atom. The molecule has 0 radical (unpaired) electrons. The van der Waals surface area contributed by atoms with Gasteiger partial charge >= 0.3 is 6.03 Å². The molecule has 20 heavy (non-hydrogen) atoms. The van der Waals surface area contributed by atoms with Crippen molar-refractivity contribution in [1.29, 1.82) is 0 Å². The van der Waals surface area contributed by atoms with Crippen molar-refractivity contribution < 1.29 is 9.53 Å². The monoisotopic (exact) mass is 340 g/mol. The number of nitrogens with one attached hydrogen (secondary N) is 2. The second-order valence-corrected chi connectivity index (χ2v) is 6.07. The summed E-state index contributed by atoms with van der Waals surface area (Å²) in [5.41, 5.74) is 1.92. The summed E-state index contributed by atoms with van der Waals surface area (Å²) in [6, 6.07) is 5.57. The maximum absolute atomic E-state index is 11.7. The lowest BCUT2D eigenvalue weighted by Gasteiger charge is -2.09. The van der Waals surface area contributed by atoms with E-state index >= 15 is 0 Å². The fourth-order valence-corrected chi connectivity index (χ4v) is 2.14. The molecule has 1 aliphatic carbocycles. The molecule has 5 heteroatoms. The lowest BCUT2D eigenvalue weighted by atomic mass is 10.2. The van der Waals surface area contributed by atoms with Gasteiger partial charge in [-0.2, -0.15) is 0 Å². The molecule has 0 aromatic heterocycles. The van der Waals surface area contributed by atoms with E-state index in [4.69, 9.17) is 4.74 Å². The number of aryl methyl sites for hydroxylation is 1. The molecular weight excluding hydrogens is 320 g/mol. The van der Waals surface area contributed by atoms with Crippen LogP contribution in [-0.2, 0) is 4.74 Å². The summed E-state index contributed by atoms with van der Waals surface area (Å²) < 4.78 is 6.50. The van der Waals surface area contributed by atoms with E-state index < -0.39 is 0 Å². The normalized spacial score (nSPS) is 14.1. The number of anilines is 1. The molecule has 2 amide bonds. The Balaban J connectivity index is 1.58. The second kappa shape index (κ2) is 7.64. The molecule has 1 aromatic rings. The Kier molecular flexibility index (Phi) is 5.86. The zero-order valence-corrected chi connectivity index (χ0v) is 13.3. The highest BCUT2D eigenvalue weighted by Gasteiger charge is 2.20. The number of halogens is 1. The van der Waals surface area contributed by atoms with E-state index in [1.807, 2.05) is 25.1 Å². The van der Waals surface area contributed by atoms with Crippen LogP contribution in [0.3, 0.4) is 0 Å². The fraction of sp³-hybridized carbons (Fsp3) is 0.533. The Morgan fingerprint density at radius 1 is 1.45 bits per heavy atom. The highest BCUT2D eigenvalue weighted by molar-refractivity contribution is 9.10. The number of amides is 2. The first-order chi connectivity index (χ1) is 9.65. The largest absolute Gasteiger partial charge is 0.381 e. The number of carbonyl (C=O) groups is 1. The van der Waals surface area contributed by atoms with Crippen LogP contribution >= 0.6 is 15.9 Å². The Hall–Kier alpha value is -1.07. The topological polar surface area (TPSA) is 50.4 Å². The number of benzene rings is 1. The summed E-state index contributed by atoms with van der Waals surface area (Å²) in [4.78, 5) is 11.7. The van der Waals surface area contributed by atoms with Crippen LogP contribution in [0.15, 0.2) is 22.7 Å². The number of ether oxygens (including phenoxy) is 1. The molecule has 1 aromatic carbocycles. The van der Waals surface area contributed by atoms with Crippen molar-refractivity contribution in [3.8, 4) is 0 Å². The Labute approximate surface area is 128 Å². The van der Waals surface area contributed by atoms with Gasteiger partial charge in [0.2, 0.25) is 0 Å². The first-order valence-electron chi connectivity index (χ1n) is 7.04. The maximum Gasteiger partial charge on any atom is 0.319 e. The predicted octanol–water partition coefficient (Wildman–Crippen LogP) is 3.70. The molecule has 0 aliphatic heterocycles. The number of hydrogen-bond acceptors (Lipinski definition) is 2. The van der Waals surface area contributed by atoms with Crippen LogP contribution in [0.4, 0.5) is 10.5 Å². The highest BCUT2D eigenvalue weighted by Crippen LogP contribution is 2.28. The van der Waals surface area contributed by atoms with Gasteiger partial charge in [-0.3, -0.25) is 0 Å². The van der Waals surface area contributed by atoms with Gasteiger partial charge in [-0.1, -0.05) is 22.0 Å². The van der Waals surface area contributed by atoms with Crippen molar-refractivity contribution in [2.24, 2.45) is 5.92 Å². The van der Waals surface area contributed by atoms with E-state index in [-0.39, 0.29) is 6.03 Å². The van der Waals surface area contributed by atoms with Crippen molar-refractivity contribution in [2.75, 3.05) is 25.1 Å². The SMILES string of the molecule is Cc1ccc(NC(=O)NCCCOCC2CC2)cc1Br. The Morgan fingerprint density at radius 2 is 2.25 bits per heavy atom. The van der Waals surface area contributed by atoms with Crippen LogP contribution < -0.4 is 10.6 Å². The Bertz CT molecular complexity index is 461. The average molecular weight is 341 g/mol. The maximum atomic E-state index is 11.7. The van der Waals surface area contributed by atoms with Gasteiger partial charge in [-0.15, -0.1) is 0 Å². The standard InChI is InChI=1S/C15H21BrN2O2/c1-11-3-6-13(9-14(11)16)18-15(19)17-7-2-8-20-10-12-4-5-12/h3,6,9,12H,2,4-5,7-8,10H2,1H3,(H2,17,18,19). The third-order valence-electron chi connectivity index (χ3n) is 3.23. The van der Waals surface area contributed by atoms with E-state index in [9.17, 15) is 4.79 Å². The number of rotatable bonds is 7. The summed E-state index contributed by atoms with van der Waals surface area (Å²) in [5, 5.41) is 5.63. The minimum atomic E-state index is -0.178. The van der Waals surface area contributed by atoms with E-state index in [0.717, 1.165) is 34.7 Å². The predicted molar refractivity (Wildman–Crippen MR) is 84.1 cm³/mol. The van der Waals surface area contributed by atoms with Gasteiger partial charge in [0, 0.05) is 29.9 Å². The summed E-state index contributed by atoms with van der Waals surface area (Å²) in [5.74, 6) is 0.797. The van der Waals surface area contributed by atoms with Crippen molar-refractivity contribution in [2.45, 2.75) is 26.2 Å². The minimum Gasteiger partial charge on any atom is -0.381 e. The molecule has 2 N–H and O–H groups in total. The number of urea groups is 1. The molecule has 1 aliphatic rings. The van der Waals surface area contributed by atoms with Gasteiger partial charge in [-0.25, -0.2) is 4.79 Å². The van der Waals surface area contributed by atoms with Crippen LogP contribution in [-0.4, -0.2) is 25.8 Å². The first-order valence-corrected chi connectivity index (χ1v) is 7.83. The molecule has 1 saturated carbocycles. The van der Waals surface area contributed by atoms with Crippen molar-refractivity contribution in [1.82, 2.24) is 5.32 Å². The first kappa shape index (κ1) is 15.3. The van der Waals surface area contributed by atoms with Crippen LogP contribution in [0.1, 0.15) is 24.8 Å². The van der Waals surface area contributed by atoms with E-state index in [1.165, 1.54) is 12.8 Å². The molecule has 110 valence electrons. The molecule has 4 nitrogen and oxygen atoms in total. The van der Waals surface area contributed by atoms with E-state index in [0.29, 0.717) is 13.2 Å². The summed E-state index contributed by atoms with van der Waals surface area (Å²) in [6.07, 6.45) is 3.47.